The number of nitrogens with zero attached hydrogens (tertiary/aromatic N) is 1. The maximum atomic E-state index is 3.38. The van der Waals surface area contributed by atoms with Crippen molar-refractivity contribution in [2.24, 2.45) is 0 Å². The summed E-state index contributed by atoms with van der Waals surface area (Å²) in [5, 5.41) is 3.38. The van der Waals surface area contributed by atoms with Gasteiger partial charge in [0, 0.05) is 35.1 Å². The van der Waals surface area contributed by atoms with Gasteiger partial charge < -0.3 is 5.32 Å². The first kappa shape index (κ1) is 13.4. The lowest BCUT2D eigenvalue weighted by Crippen LogP contribution is -2.24. The maximum Gasteiger partial charge on any atom is 0.0328 e. The van der Waals surface area contributed by atoms with Crippen molar-refractivity contribution < 1.29 is 0 Å². The fourth-order valence-electron chi connectivity index (χ4n) is 2.03. The molecule has 0 amide bonds. The van der Waals surface area contributed by atoms with Crippen LogP contribution in [0.25, 0.3) is 0 Å². The van der Waals surface area contributed by atoms with Gasteiger partial charge in [-0.25, -0.2) is 0 Å². The van der Waals surface area contributed by atoms with E-state index in [-0.39, 0.29) is 0 Å². The standard InChI is InChI=1S/C13H22N2S2/c1-2-14-10-12-4-5-13(17-12)11-15-6-3-8-16-9-7-15/h4-5,14H,2-3,6-11H2,1H3. The quantitative estimate of drug-likeness (QED) is 0.886. The van der Waals surface area contributed by atoms with Gasteiger partial charge in [-0.1, -0.05) is 6.92 Å². The Morgan fingerprint density at radius 1 is 1.24 bits per heavy atom. The molecule has 0 saturated carbocycles. The Hall–Kier alpha value is -0.0300. The second-order valence-electron chi connectivity index (χ2n) is 4.39. The van der Waals surface area contributed by atoms with Crippen molar-refractivity contribution >= 4 is 23.1 Å². The topological polar surface area (TPSA) is 15.3 Å². The molecule has 0 radical (unpaired) electrons. The molecular formula is C13H22N2S2. The summed E-state index contributed by atoms with van der Waals surface area (Å²) in [5.74, 6) is 2.64. The van der Waals surface area contributed by atoms with E-state index in [1.165, 1.54) is 40.8 Å². The van der Waals surface area contributed by atoms with Crippen molar-refractivity contribution in [3.63, 3.8) is 0 Å². The van der Waals surface area contributed by atoms with Crippen molar-refractivity contribution in [1.82, 2.24) is 10.2 Å². The molecule has 1 N–H and O–H groups in total. The Morgan fingerprint density at radius 3 is 3.00 bits per heavy atom. The molecule has 2 rings (SSSR count). The first-order valence-electron chi connectivity index (χ1n) is 6.47. The van der Waals surface area contributed by atoms with Crippen LogP contribution in [0, 0.1) is 0 Å². The minimum atomic E-state index is 1.02. The van der Waals surface area contributed by atoms with Gasteiger partial charge in [0.2, 0.25) is 0 Å². The van der Waals surface area contributed by atoms with Gasteiger partial charge in [0.05, 0.1) is 0 Å². The molecule has 96 valence electrons. The highest BCUT2D eigenvalue weighted by atomic mass is 32.2. The van der Waals surface area contributed by atoms with E-state index in [2.05, 4.69) is 41.0 Å². The third kappa shape index (κ3) is 4.62. The molecule has 17 heavy (non-hydrogen) atoms. The van der Waals surface area contributed by atoms with Crippen LogP contribution in [-0.4, -0.2) is 36.0 Å². The Kier molecular flexibility index (Phi) is 5.85. The molecule has 1 aliphatic heterocycles. The molecule has 0 aliphatic carbocycles. The Labute approximate surface area is 113 Å². The third-order valence-corrected chi connectivity index (χ3v) is 5.08. The van der Waals surface area contributed by atoms with Crippen molar-refractivity contribution in [1.29, 1.82) is 0 Å². The fraction of sp³-hybridized carbons (Fsp3) is 0.692. The molecule has 1 aromatic rings. The lowest BCUT2D eigenvalue weighted by Gasteiger charge is -2.18. The lowest BCUT2D eigenvalue weighted by molar-refractivity contribution is 0.290. The molecule has 0 unspecified atom stereocenters. The summed E-state index contributed by atoms with van der Waals surface area (Å²) in [6.45, 7) is 7.91. The van der Waals surface area contributed by atoms with Crippen LogP contribution in [0.1, 0.15) is 23.1 Å². The van der Waals surface area contributed by atoms with E-state index in [4.69, 9.17) is 0 Å². The molecule has 0 aromatic carbocycles. The molecule has 1 aliphatic rings. The molecular weight excluding hydrogens is 248 g/mol. The molecule has 0 spiro atoms. The zero-order chi connectivity index (χ0) is 11.9. The monoisotopic (exact) mass is 270 g/mol. The average Bonchev–Trinajstić information content (AvgIpc) is 2.61. The van der Waals surface area contributed by atoms with E-state index >= 15 is 0 Å². The zero-order valence-corrected chi connectivity index (χ0v) is 12.2. The van der Waals surface area contributed by atoms with Gasteiger partial charge >= 0.3 is 0 Å². The Morgan fingerprint density at radius 2 is 2.12 bits per heavy atom. The van der Waals surface area contributed by atoms with E-state index in [1.807, 2.05) is 11.3 Å². The van der Waals surface area contributed by atoms with Gasteiger partial charge in [-0.3, -0.25) is 4.90 Å². The highest BCUT2D eigenvalue weighted by Crippen LogP contribution is 2.20. The molecule has 2 nitrogen and oxygen atoms in total. The molecule has 0 bridgehead atoms. The molecule has 1 aromatic heterocycles. The molecule has 4 heteroatoms. The Balaban J connectivity index is 1.82. The van der Waals surface area contributed by atoms with Crippen molar-refractivity contribution in [2.75, 3.05) is 31.1 Å². The molecule has 2 heterocycles. The van der Waals surface area contributed by atoms with Gasteiger partial charge in [0.25, 0.3) is 0 Å². The van der Waals surface area contributed by atoms with Gasteiger partial charge in [0.15, 0.2) is 0 Å². The molecule has 0 atom stereocenters. The van der Waals surface area contributed by atoms with E-state index < -0.39 is 0 Å². The minimum absolute atomic E-state index is 1.02. The van der Waals surface area contributed by atoms with Crippen LogP contribution in [0.5, 0.6) is 0 Å². The number of nitrogens with one attached hydrogen (secondary N) is 1. The number of hydrogen-bond donors (Lipinski definition) is 1. The maximum absolute atomic E-state index is 3.38. The highest BCUT2D eigenvalue weighted by Gasteiger charge is 2.10. The van der Waals surface area contributed by atoms with Crippen molar-refractivity contribution in [3.8, 4) is 0 Å². The van der Waals surface area contributed by atoms with Crippen LogP contribution in [0.3, 0.4) is 0 Å². The molecule has 1 fully saturated rings. The first-order valence-corrected chi connectivity index (χ1v) is 8.44. The number of hydrogen-bond acceptors (Lipinski definition) is 4. The van der Waals surface area contributed by atoms with E-state index in [1.54, 1.807) is 0 Å². The van der Waals surface area contributed by atoms with Crippen molar-refractivity contribution in [2.45, 2.75) is 26.4 Å². The van der Waals surface area contributed by atoms with Crippen LogP contribution in [0.4, 0.5) is 0 Å². The van der Waals surface area contributed by atoms with Crippen molar-refractivity contribution in [3.05, 3.63) is 21.9 Å². The summed E-state index contributed by atoms with van der Waals surface area (Å²) in [4.78, 5) is 5.58. The summed E-state index contributed by atoms with van der Waals surface area (Å²) in [7, 11) is 0. The van der Waals surface area contributed by atoms with Crippen LogP contribution in [0.2, 0.25) is 0 Å². The highest BCUT2D eigenvalue weighted by molar-refractivity contribution is 7.99. The minimum Gasteiger partial charge on any atom is -0.312 e. The third-order valence-electron chi connectivity index (χ3n) is 2.96. The summed E-state index contributed by atoms with van der Waals surface area (Å²) in [6.07, 6.45) is 1.35. The fourth-order valence-corrected chi connectivity index (χ4v) is 3.98. The summed E-state index contributed by atoms with van der Waals surface area (Å²) in [5.41, 5.74) is 0. The predicted octanol–water partition coefficient (Wildman–Crippen LogP) is 2.80. The summed E-state index contributed by atoms with van der Waals surface area (Å²) >= 11 is 4.06. The number of thiophene rings is 1. The summed E-state index contributed by atoms with van der Waals surface area (Å²) in [6, 6.07) is 4.57. The second-order valence-corrected chi connectivity index (χ2v) is 6.87. The second kappa shape index (κ2) is 7.41. The van der Waals surface area contributed by atoms with Gasteiger partial charge in [-0.15, -0.1) is 11.3 Å². The average molecular weight is 270 g/mol. The number of thioether (sulfide) groups is 1. The first-order chi connectivity index (χ1) is 8.38. The summed E-state index contributed by atoms with van der Waals surface area (Å²) < 4.78 is 0. The van der Waals surface area contributed by atoms with Gasteiger partial charge in [-0.05, 0) is 37.4 Å². The normalized spacial score (nSPS) is 18.2. The number of rotatable bonds is 5. The van der Waals surface area contributed by atoms with Crippen LogP contribution in [-0.2, 0) is 13.1 Å². The van der Waals surface area contributed by atoms with Gasteiger partial charge in [0.1, 0.15) is 0 Å². The smallest absolute Gasteiger partial charge is 0.0328 e. The van der Waals surface area contributed by atoms with E-state index in [0.717, 1.165) is 19.6 Å². The van der Waals surface area contributed by atoms with Gasteiger partial charge in [-0.2, -0.15) is 11.8 Å². The SMILES string of the molecule is CCNCc1ccc(CN2CCCSCC2)s1. The Bertz CT molecular complexity index is 317. The van der Waals surface area contributed by atoms with E-state index in [9.17, 15) is 0 Å². The van der Waals surface area contributed by atoms with Crippen LogP contribution < -0.4 is 5.32 Å². The van der Waals surface area contributed by atoms with E-state index in [0.29, 0.717) is 0 Å². The largest absolute Gasteiger partial charge is 0.312 e. The van der Waals surface area contributed by atoms with Crippen LogP contribution in [0.15, 0.2) is 12.1 Å². The zero-order valence-electron chi connectivity index (χ0n) is 10.6. The van der Waals surface area contributed by atoms with Crippen LogP contribution >= 0.6 is 23.1 Å². The molecule has 1 saturated heterocycles. The predicted molar refractivity (Wildman–Crippen MR) is 78.9 cm³/mol. The lowest BCUT2D eigenvalue weighted by atomic mass is 10.3.